The summed E-state index contributed by atoms with van der Waals surface area (Å²) >= 11 is 5.80. The van der Waals surface area contributed by atoms with Gasteiger partial charge in [0.15, 0.2) is 5.82 Å². The smallest absolute Gasteiger partial charge is 0.164 e. The number of anilines is 1. The van der Waals surface area contributed by atoms with E-state index >= 15 is 0 Å². The first-order chi connectivity index (χ1) is 8.49. The molecular weight excluding hydrogens is 251 g/mol. The highest BCUT2D eigenvalue weighted by atomic mass is 35.5. The van der Waals surface area contributed by atoms with E-state index in [1.54, 1.807) is 18.2 Å². The van der Waals surface area contributed by atoms with Crippen molar-refractivity contribution in [2.24, 2.45) is 5.92 Å². The van der Waals surface area contributed by atoms with E-state index in [4.69, 9.17) is 11.6 Å². The summed E-state index contributed by atoms with van der Waals surface area (Å²) in [5.74, 6) is 0.141. The molecule has 0 bridgehead atoms. The molecule has 0 amide bonds. The summed E-state index contributed by atoms with van der Waals surface area (Å²) in [7, 11) is 2.14. The maximum absolute atomic E-state index is 13.9. The Morgan fingerprint density at radius 1 is 1.39 bits per heavy atom. The summed E-state index contributed by atoms with van der Waals surface area (Å²) in [5, 5.41) is 3.48. The molecule has 2 nitrogen and oxygen atoms in total. The number of likely N-dealkylation sites (tertiary alicyclic amines) is 1. The predicted octanol–water partition coefficient (Wildman–Crippen LogP) is 3.62. The van der Waals surface area contributed by atoms with E-state index in [0.29, 0.717) is 23.7 Å². The number of hydrogen-bond donors (Lipinski definition) is 1. The van der Waals surface area contributed by atoms with E-state index in [0.717, 1.165) is 13.0 Å². The van der Waals surface area contributed by atoms with Crippen molar-refractivity contribution >= 4 is 17.3 Å². The van der Waals surface area contributed by atoms with Gasteiger partial charge in [0.2, 0.25) is 0 Å². The topological polar surface area (TPSA) is 15.3 Å². The largest absolute Gasteiger partial charge is 0.380 e. The average Bonchev–Trinajstić information content (AvgIpc) is 2.32. The maximum atomic E-state index is 13.9. The van der Waals surface area contributed by atoms with Crippen LogP contribution in [0.3, 0.4) is 0 Å². The van der Waals surface area contributed by atoms with Crippen molar-refractivity contribution in [3.05, 3.63) is 29.0 Å². The van der Waals surface area contributed by atoms with Crippen LogP contribution in [-0.4, -0.2) is 30.6 Å². The summed E-state index contributed by atoms with van der Waals surface area (Å²) in [6, 6.07) is 5.90. The molecule has 0 spiro atoms. The van der Waals surface area contributed by atoms with Crippen molar-refractivity contribution in [2.75, 3.05) is 18.9 Å². The average molecular weight is 271 g/mol. The highest BCUT2D eigenvalue weighted by molar-refractivity contribution is 6.31. The summed E-state index contributed by atoms with van der Waals surface area (Å²) in [6.07, 6.45) is 1.02. The van der Waals surface area contributed by atoms with E-state index < -0.39 is 0 Å². The van der Waals surface area contributed by atoms with Crippen LogP contribution in [-0.2, 0) is 0 Å². The molecule has 2 rings (SSSR count). The first kappa shape index (κ1) is 13.6. The molecule has 3 atom stereocenters. The zero-order chi connectivity index (χ0) is 13.3. The Morgan fingerprint density at radius 2 is 2.11 bits per heavy atom. The van der Waals surface area contributed by atoms with E-state index in [1.807, 2.05) is 0 Å². The second kappa shape index (κ2) is 5.45. The number of rotatable bonds is 2. The molecule has 1 aromatic rings. The Kier molecular flexibility index (Phi) is 4.13. The standard InChI is InChI=1S/C14H20ClFN2/c1-9-8-18(3)10(2)7-13(9)17-12-6-4-5-11(15)14(12)16/h4-6,9-10,13,17H,7-8H2,1-3H3. The molecule has 3 unspecified atom stereocenters. The molecule has 4 heteroatoms. The van der Waals surface area contributed by atoms with Crippen molar-refractivity contribution in [3.8, 4) is 0 Å². The lowest BCUT2D eigenvalue weighted by Gasteiger charge is -2.40. The molecule has 1 aliphatic rings. The van der Waals surface area contributed by atoms with Crippen LogP contribution >= 0.6 is 11.6 Å². The third-order valence-electron chi connectivity index (χ3n) is 3.90. The quantitative estimate of drug-likeness (QED) is 0.883. The number of halogens is 2. The molecule has 1 saturated heterocycles. The van der Waals surface area contributed by atoms with E-state index in [9.17, 15) is 4.39 Å². The van der Waals surface area contributed by atoms with Gasteiger partial charge in [0.05, 0.1) is 10.7 Å². The third-order valence-corrected chi connectivity index (χ3v) is 4.19. The Morgan fingerprint density at radius 3 is 2.83 bits per heavy atom. The van der Waals surface area contributed by atoms with Crippen molar-refractivity contribution < 1.29 is 4.39 Å². The van der Waals surface area contributed by atoms with Crippen molar-refractivity contribution in [2.45, 2.75) is 32.4 Å². The number of nitrogens with one attached hydrogen (secondary N) is 1. The number of nitrogens with zero attached hydrogens (tertiary/aromatic N) is 1. The van der Waals surface area contributed by atoms with Gasteiger partial charge in [-0.05, 0) is 38.4 Å². The fraction of sp³-hybridized carbons (Fsp3) is 0.571. The molecular formula is C14H20ClFN2. The summed E-state index contributed by atoms with van der Waals surface area (Å²) in [4.78, 5) is 2.34. The van der Waals surface area contributed by atoms with Crippen LogP contribution in [0.2, 0.25) is 5.02 Å². The first-order valence-electron chi connectivity index (χ1n) is 6.40. The monoisotopic (exact) mass is 270 g/mol. The van der Waals surface area contributed by atoms with Gasteiger partial charge in [-0.2, -0.15) is 0 Å². The zero-order valence-electron chi connectivity index (χ0n) is 11.1. The number of hydrogen-bond acceptors (Lipinski definition) is 2. The molecule has 18 heavy (non-hydrogen) atoms. The fourth-order valence-electron chi connectivity index (χ4n) is 2.56. The second-order valence-electron chi connectivity index (χ2n) is 5.35. The zero-order valence-corrected chi connectivity index (χ0v) is 11.8. The Bertz CT molecular complexity index is 424. The predicted molar refractivity (Wildman–Crippen MR) is 74.7 cm³/mol. The highest BCUT2D eigenvalue weighted by Gasteiger charge is 2.29. The normalized spacial score (nSPS) is 29.3. The van der Waals surface area contributed by atoms with Gasteiger partial charge in [0, 0.05) is 18.6 Å². The minimum atomic E-state index is -0.349. The lowest BCUT2D eigenvalue weighted by Crippen LogP contribution is -2.48. The van der Waals surface area contributed by atoms with Crippen LogP contribution in [0, 0.1) is 11.7 Å². The van der Waals surface area contributed by atoms with Gasteiger partial charge < -0.3 is 10.2 Å². The number of piperidine rings is 1. The summed E-state index contributed by atoms with van der Waals surface area (Å²) in [6.45, 7) is 5.43. The highest BCUT2D eigenvalue weighted by Crippen LogP contribution is 2.27. The van der Waals surface area contributed by atoms with Crippen LogP contribution in [0.25, 0.3) is 0 Å². The van der Waals surface area contributed by atoms with Crippen LogP contribution in [0.1, 0.15) is 20.3 Å². The van der Waals surface area contributed by atoms with Crippen LogP contribution < -0.4 is 5.32 Å². The summed E-state index contributed by atoms with van der Waals surface area (Å²) < 4.78 is 13.9. The molecule has 1 aliphatic heterocycles. The van der Waals surface area contributed by atoms with Gasteiger partial charge in [-0.25, -0.2) is 4.39 Å². The fourth-order valence-corrected chi connectivity index (χ4v) is 2.73. The molecule has 0 saturated carbocycles. The summed E-state index contributed by atoms with van der Waals surface area (Å²) in [5.41, 5.74) is 0.510. The Balaban J connectivity index is 2.11. The van der Waals surface area contributed by atoms with E-state index in [-0.39, 0.29) is 10.8 Å². The molecule has 100 valence electrons. The van der Waals surface area contributed by atoms with Crippen LogP contribution in [0.5, 0.6) is 0 Å². The van der Waals surface area contributed by atoms with Crippen LogP contribution in [0.4, 0.5) is 10.1 Å². The lowest BCUT2D eigenvalue weighted by atomic mass is 9.89. The first-order valence-corrected chi connectivity index (χ1v) is 6.77. The second-order valence-corrected chi connectivity index (χ2v) is 5.76. The number of benzene rings is 1. The molecule has 1 heterocycles. The van der Waals surface area contributed by atoms with E-state index in [1.165, 1.54) is 0 Å². The third kappa shape index (κ3) is 2.78. The molecule has 0 aromatic heterocycles. The Hall–Kier alpha value is -0.800. The molecule has 1 N–H and O–H groups in total. The van der Waals surface area contributed by atoms with Crippen LogP contribution in [0.15, 0.2) is 18.2 Å². The minimum absolute atomic E-state index is 0.175. The van der Waals surface area contributed by atoms with Gasteiger partial charge >= 0.3 is 0 Å². The molecule has 0 aliphatic carbocycles. The molecule has 0 radical (unpaired) electrons. The van der Waals surface area contributed by atoms with Crippen molar-refractivity contribution in [1.29, 1.82) is 0 Å². The SMILES string of the molecule is CC1CN(C)C(C)CC1Nc1cccc(Cl)c1F. The molecule has 1 aromatic carbocycles. The van der Waals surface area contributed by atoms with Gasteiger partial charge in [0.1, 0.15) is 0 Å². The minimum Gasteiger partial charge on any atom is -0.380 e. The van der Waals surface area contributed by atoms with Gasteiger partial charge in [-0.3, -0.25) is 0 Å². The van der Waals surface area contributed by atoms with Gasteiger partial charge in [-0.15, -0.1) is 0 Å². The van der Waals surface area contributed by atoms with Gasteiger partial charge in [-0.1, -0.05) is 24.6 Å². The van der Waals surface area contributed by atoms with Crippen molar-refractivity contribution in [1.82, 2.24) is 4.90 Å². The van der Waals surface area contributed by atoms with Gasteiger partial charge in [0.25, 0.3) is 0 Å². The maximum Gasteiger partial charge on any atom is 0.164 e. The van der Waals surface area contributed by atoms with E-state index in [2.05, 4.69) is 31.1 Å². The Labute approximate surface area is 113 Å². The molecule has 1 fully saturated rings. The van der Waals surface area contributed by atoms with Crippen molar-refractivity contribution in [3.63, 3.8) is 0 Å². The lowest BCUT2D eigenvalue weighted by molar-refractivity contribution is 0.145.